The Morgan fingerprint density at radius 2 is 1.73 bits per heavy atom. The second kappa shape index (κ2) is 8.11. The molecule has 0 aromatic carbocycles. The lowest BCUT2D eigenvalue weighted by atomic mass is 10.4. The number of carbonyl (C=O) groups excluding carboxylic acids is 1. The minimum atomic E-state index is -1.05. The van der Waals surface area contributed by atoms with E-state index in [1.165, 1.54) is 21.6 Å². The first-order chi connectivity index (χ1) is 6.99. The summed E-state index contributed by atoms with van der Waals surface area (Å²) in [6.07, 6.45) is 0. The van der Waals surface area contributed by atoms with Crippen LogP contribution in [0.5, 0.6) is 0 Å². The van der Waals surface area contributed by atoms with Crippen molar-refractivity contribution in [2.75, 3.05) is 11.5 Å². The van der Waals surface area contributed by atoms with Gasteiger partial charge in [-0.15, -0.1) is 0 Å². The number of hydrogen-bond acceptors (Lipinski definition) is 8. The zero-order chi connectivity index (χ0) is 11.8. The van der Waals surface area contributed by atoms with E-state index in [0.29, 0.717) is 5.75 Å². The van der Waals surface area contributed by atoms with E-state index in [1.807, 2.05) is 0 Å². The standard InChI is InChI=1S/C6H12N2O4S3/c7-3(5(9)10)1-14-15-2-4(8)6(11)12-13/h3-4,13H,1-2,7-8H2,(H,9,10)/t3-,4-/m0/s1. The summed E-state index contributed by atoms with van der Waals surface area (Å²) in [6, 6.07) is -1.67. The molecule has 6 nitrogen and oxygen atoms in total. The van der Waals surface area contributed by atoms with Crippen LogP contribution < -0.4 is 11.5 Å². The van der Waals surface area contributed by atoms with Gasteiger partial charge in [0.2, 0.25) is 0 Å². The highest BCUT2D eigenvalue weighted by Crippen LogP contribution is 2.22. The van der Waals surface area contributed by atoms with Crippen molar-refractivity contribution in [2.45, 2.75) is 12.1 Å². The van der Waals surface area contributed by atoms with Crippen LogP contribution in [0.25, 0.3) is 0 Å². The van der Waals surface area contributed by atoms with Gasteiger partial charge in [0.05, 0.1) is 0 Å². The average molecular weight is 272 g/mol. The van der Waals surface area contributed by atoms with Crippen molar-refractivity contribution in [1.29, 1.82) is 0 Å². The van der Waals surface area contributed by atoms with Gasteiger partial charge in [-0.2, -0.15) is 0 Å². The number of nitrogens with two attached hydrogens (primary N) is 2. The van der Waals surface area contributed by atoms with Crippen LogP contribution in [0.15, 0.2) is 0 Å². The fourth-order valence-corrected chi connectivity index (χ4v) is 2.81. The number of rotatable bonds is 7. The highest BCUT2D eigenvalue weighted by molar-refractivity contribution is 8.76. The van der Waals surface area contributed by atoms with Crippen molar-refractivity contribution in [3.8, 4) is 0 Å². The Morgan fingerprint density at radius 3 is 2.13 bits per heavy atom. The van der Waals surface area contributed by atoms with Crippen LogP contribution in [-0.4, -0.2) is 40.6 Å². The predicted octanol–water partition coefficient (Wildman–Crippen LogP) is -0.505. The molecule has 5 N–H and O–H groups in total. The normalized spacial score (nSPS) is 14.3. The van der Waals surface area contributed by atoms with E-state index in [4.69, 9.17) is 16.6 Å². The highest BCUT2D eigenvalue weighted by atomic mass is 33.1. The molecule has 0 bridgehead atoms. The van der Waals surface area contributed by atoms with Crippen molar-refractivity contribution < 1.29 is 18.9 Å². The number of hydrogen-bond donors (Lipinski definition) is 4. The quantitative estimate of drug-likeness (QED) is 0.212. The van der Waals surface area contributed by atoms with Crippen molar-refractivity contribution in [3.63, 3.8) is 0 Å². The number of carboxylic acids is 1. The summed E-state index contributed by atoms with van der Waals surface area (Å²) in [4.78, 5) is 21.1. The Labute approximate surface area is 100 Å². The van der Waals surface area contributed by atoms with Crippen molar-refractivity contribution in [2.24, 2.45) is 11.5 Å². The first-order valence-corrected chi connectivity index (χ1v) is 6.68. The molecule has 9 heteroatoms. The number of thiol groups is 1. The SMILES string of the molecule is N[C@@H](CSSC[C@H](N)C(=O)OS)C(=O)O. The van der Waals surface area contributed by atoms with Crippen LogP contribution in [-0.2, 0) is 13.8 Å². The zero-order valence-electron chi connectivity index (χ0n) is 7.66. The molecule has 0 fully saturated rings. The molecule has 0 saturated carbocycles. The maximum Gasteiger partial charge on any atom is 0.335 e. The Balaban J connectivity index is 3.54. The van der Waals surface area contributed by atoms with Crippen molar-refractivity contribution in [3.05, 3.63) is 0 Å². The second-order valence-electron chi connectivity index (χ2n) is 2.53. The molecule has 0 radical (unpaired) electrons. The van der Waals surface area contributed by atoms with E-state index in [2.05, 4.69) is 17.1 Å². The maximum atomic E-state index is 10.8. The molecule has 15 heavy (non-hydrogen) atoms. The lowest BCUT2D eigenvalue weighted by Gasteiger charge is -2.08. The van der Waals surface area contributed by atoms with Gasteiger partial charge in [-0.25, -0.2) is 4.79 Å². The third-order valence-electron chi connectivity index (χ3n) is 1.29. The maximum absolute atomic E-state index is 10.8. The van der Waals surface area contributed by atoms with E-state index < -0.39 is 24.0 Å². The molecule has 0 aromatic heterocycles. The molecular formula is C6H12N2O4S3. The van der Waals surface area contributed by atoms with E-state index >= 15 is 0 Å². The summed E-state index contributed by atoms with van der Waals surface area (Å²) in [5.41, 5.74) is 10.6. The van der Waals surface area contributed by atoms with Gasteiger partial charge in [-0.3, -0.25) is 4.79 Å². The van der Waals surface area contributed by atoms with E-state index in [1.54, 1.807) is 0 Å². The Kier molecular flexibility index (Phi) is 8.06. The van der Waals surface area contributed by atoms with Crippen molar-refractivity contribution in [1.82, 2.24) is 0 Å². The molecule has 2 atom stereocenters. The summed E-state index contributed by atoms with van der Waals surface area (Å²) >= 11 is 3.32. The number of carbonyl (C=O) groups is 2. The minimum absolute atomic E-state index is 0.253. The molecule has 0 aromatic rings. The lowest BCUT2D eigenvalue weighted by Crippen LogP contribution is -2.33. The van der Waals surface area contributed by atoms with Crippen LogP contribution in [0.4, 0.5) is 0 Å². The summed E-state index contributed by atoms with van der Waals surface area (Å²) in [7, 11) is 2.51. The highest BCUT2D eigenvalue weighted by Gasteiger charge is 2.15. The Bertz CT molecular complexity index is 228. The third kappa shape index (κ3) is 6.90. The topological polar surface area (TPSA) is 116 Å². The summed E-state index contributed by atoms with van der Waals surface area (Å²) in [5.74, 6) is -1.10. The lowest BCUT2D eigenvalue weighted by molar-refractivity contribution is -0.138. The molecule has 0 aliphatic rings. The fraction of sp³-hybridized carbons (Fsp3) is 0.667. The molecule has 0 amide bonds. The van der Waals surface area contributed by atoms with Gasteiger partial charge in [-0.05, 0) is 0 Å². The first kappa shape index (κ1) is 14.9. The smallest absolute Gasteiger partial charge is 0.335 e. The number of carboxylic acid groups (broad SMARTS) is 1. The molecular weight excluding hydrogens is 260 g/mol. The zero-order valence-corrected chi connectivity index (χ0v) is 10.2. The van der Waals surface area contributed by atoms with Crippen molar-refractivity contribution >= 4 is 46.4 Å². The summed E-state index contributed by atoms with van der Waals surface area (Å²) < 4.78 is 4.12. The van der Waals surface area contributed by atoms with Crippen LogP contribution in [0.3, 0.4) is 0 Å². The molecule has 0 spiro atoms. The van der Waals surface area contributed by atoms with Crippen LogP contribution >= 0.6 is 34.5 Å². The van der Waals surface area contributed by atoms with E-state index in [0.717, 1.165) is 0 Å². The van der Waals surface area contributed by atoms with E-state index in [-0.39, 0.29) is 5.75 Å². The Hall–Kier alpha value is -0.0900. The molecule has 0 rings (SSSR count). The molecule has 0 saturated heterocycles. The van der Waals surface area contributed by atoms with E-state index in [9.17, 15) is 9.59 Å². The molecule has 0 aliphatic heterocycles. The molecule has 0 unspecified atom stereocenters. The van der Waals surface area contributed by atoms with Gasteiger partial charge < -0.3 is 20.8 Å². The van der Waals surface area contributed by atoms with Gasteiger partial charge in [0.15, 0.2) is 0 Å². The van der Waals surface area contributed by atoms with Crippen LogP contribution in [0.1, 0.15) is 0 Å². The molecule has 0 heterocycles. The second-order valence-corrected chi connectivity index (χ2v) is 5.27. The molecule has 0 aliphatic carbocycles. The predicted molar refractivity (Wildman–Crippen MR) is 63.6 cm³/mol. The van der Waals surface area contributed by atoms with Gasteiger partial charge in [-0.1, -0.05) is 21.6 Å². The first-order valence-electron chi connectivity index (χ1n) is 3.82. The Morgan fingerprint density at radius 1 is 1.27 bits per heavy atom. The largest absolute Gasteiger partial charge is 0.480 e. The van der Waals surface area contributed by atoms with Crippen LogP contribution in [0, 0.1) is 0 Å². The molecule has 88 valence electrons. The third-order valence-corrected chi connectivity index (χ3v) is 3.94. The fourth-order valence-electron chi connectivity index (χ4n) is 0.450. The summed E-state index contributed by atoms with van der Waals surface area (Å²) in [6.45, 7) is 0. The monoisotopic (exact) mass is 272 g/mol. The van der Waals surface area contributed by atoms with Gasteiger partial charge in [0, 0.05) is 24.4 Å². The minimum Gasteiger partial charge on any atom is -0.480 e. The van der Waals surface area contributed by atoms with Crippen LogP contribution in [0.2, 0.25) is 0 Å². The van der Waals surface area contributed by atoms with Gasteiger partial charge in [0.25, 0.3) is 0 Å². The van der Waals surface area contributed by atoms with Gasteiger partial charge in [0.1, 0.15) is 12.1 Å². The van der Waals surface area contributed by atoms with Gasteiger partial charge >= 0.3 is 11.9 Å². The summed E-state index contributed by atoms with van der Waals surface area (Å²) in [5, 5.41) is 8.46. The average Bonchev–Trinajstić information content (AvgIpc) is 2.22. The number of aliphatic carboxylic acids is 1.